The topological polar surface area (TPSA) is 7.76 Å². The summed E-state index contributed by atoms with van der Waals surface area (Å²) in [6.07, 6.45) is 8.37. The first kappa shape index (κ1) is 19.9. The van der Waals surface area contributed by atoms with Gasteiger partial charge in [0.05, 0.1) is 0 Å². The van der Waals surface area contributed by atoms with Crippen LogP contribution in [0.1, 0.15) is 0 Å². The summed E-state index contributed by atoms with van der Waals surface area (Å²) in [5.41, 5.74) is 5.04. The second kappa shape index (κ2) is 8.31. The summed E-state index contributed by atoms with van der Waals surface area (Å²) in [7, 11) is 4.08. The summed E-state index contributed by atoms with van der Waals surface area (Å²) >= 11 is 0. The molecule has 132 valence electrons. The smallest absolute Gasteiger partial charge is 0.169 e. The van der Waals surface area contributed by atoms with Crippen molar-refractivity contribution in [3.63, 3.8) is 0 Å². The fourth-order valence-electron chi connectivity index (χ4n) is 3.16. The summed E-state index contributed by atoms with van der Waals surface area (Å²) in [6, 6.07) is 21.8. The molecule has 0 N–H and O–H groups in total. The van der Waals surface area contributed by atoms with E-state index in [4.69, 9.17) is 0 Å². The maximum absolute atomic E-state index is 2.24. The molecule has 0 spiro atoms. The van der Waals surface area contributed by atoms with Crippen LogP contribution in [0.3, 0.4) is 0 Å². The van der Waals surface area contributed by atoms with E-state index >= 15 is 0 Å². The third-order valence-electron chi connectivity index (χ3n) is 4.50. The highest BCUT2D eigenvalue weighted by Crippen LogP contribution is 2.34. The summed E-state index contributed by atoms with van der Waals surface area (Å²) in [4.78, 5) is 0. The Kier molecular flexibility index (Phi) is 6.36. The maximum Gasteiger partial charge on any atom is 0.169 e. The number of pyridine rings is 2. The molecule has 0 fully saturated rings. The van der Waals surface area contributed by atoms with Gasteiger partial charge in [0, 0.05) is 24.3 Å². The van der Waals surface area contributed by atoms with Crippen molar-refractivity contribution < 1.29 is 33.9 Å². The van der Waals surface area contributed by atoms with E-state index in [0.29, 0.717) is 0 Å². The van der Waals surface area contributed by atoms with Crippen molar-refractivity contribution in [2.45, 2.75) is 0 Å². The van der Waals surface area contributed by atoms with Gasteiger partial charge in [0.2, 0.25) is 0 Å². The van der Waals surface area contributed by atoms with Crippen molar-refractivity contribution in [1.29, 1.82) is 0 Å². The minimum absolute atomic E-state index is 0. The first-order valence-corrected chi connectivity index (χ1v) is 8.15. The molecule has 0 atom stereocenters. The highest BCUT2D eigenvalue weighted by molar-refractivity contribution is 6.04. The zero-order valence-electron chi connectivity index (χ0n) is 14.7. The zero-order valence-corrected chi connectivity index (χ0v) is 16.2. The Balaban J connectivity index is 0.00000121. The standard InChI is InChI=1S/C22H20N2.2ClH/c1-23-13-9-17(10-14-23)19-7-8-20(18-11-15-24(2)16-12-18)22-6-4-3-5-21(19)22;;/h3-16H,1-2H3;2*1H/q+2;;/p-2. The maximum atomic E-state index is 2.24. The van der Waals surface area contributed by atoms with E-state index in [1.807, 2.05) is 14.1 Å². The summed E-state index contributed by atoms with van der Waals surface area (Å²) < 4.78 is 4.12. The van der Waals surface area contributed by atoms with Gasteiger partial charge < -0.3 is 24.8 Å². The fraction of sp³-hybridized carbons (Fsp3) is 0.0909. The second-order valence-electron chi connectivity index (χ2n) is 6.21. The van der Waals surface area contributed by atoms with Gasteiger partial charge in [0.25, 0.3) is 0 Å². The van der Waals surface area contributed by atoms with Crippen LogP contribution in [0.5, 0.6) is 0 Å². The highest BCUT2D eigenvalue weighted by atomic mass is 35.5. The molecule has 0 saturated carbocycles. The minimum Gasteiger partial charge on any atom is -1.00 e. The normalized spacial score (nSPS) is 10.1. The molecule has 2 heterocycles. The highest BCUT2D eigenvalue weighted by Gasteiger charge is 2.10. The van der Waals surface area contributed by atoms with Crippen LogP contribution < -0.4 is 33.9 Å². The predicted molar refractivity (Wildman–Crippen MR) is 97.2 cm³/mol. The van der Waals surface area contributed by atoms with Crippen molar-refractivity contribution in [1.82, 2.24) is 0 Å². The van der Waals surface area contributed by atoms with E-state index in [9.17, 15) is 0 Å². The monoisotopic (exact) mass is 382 g/mol. The molecule has 0 unspecified atom stereocenters. The number of aromatic nitrogens is 2. The largest absolute Gasteiger partial charge is 1.00 e. The van der Waals surface area contributed by atoms with Gasteiger partial charge in [-0.25, -0.2) is 9.13 Å². The van der Waals surface area contributed by atoms with Gasteiger partial charge in [0.15, 0.2) is 24.8 Å². The Bertz CT molecular complexity index is 926. The zero-order chi connectivity index (χ0) is 16.5. The SMILES string of the molecule is C[n+]1ccc(-c2ccc(-c3cc[n+](C)cc3)c3ccccc23)cc1.[Cl-].[Cl-]. The lowest BCUT2D eigenvalue weighted by atomic mass is 9.93. The molecule has 26 heavy (non-hydrogen) atoms. The van der Waals surface area contributed by atoms with Crippen LogP contribution in [0.25, 0.3) is 33.0 Å². The number of hydrogen-bond donors (Lipinski definition) is 0. The van der Waals surface area contributed by atoms with E-state index in [0.717, 1.165) is 0 Å². The van der Waals surface area contributed by atoms with Gasteiger partial charge in [-0.15, -0.1) is 0 Å². The lowest BCUT2D eigenvalue weighted by Gasteiger charge is -2.11. The molecular formula is C22H20Cl2N2. The average molecular weight is 383 g/mol. The molecular weight excluding hydrogens is 363 g/mol. The van der Waals surface area contributed by atoms with Crippen LogP contribution in [0, 0.1) is 0 Å². The lowest BCUT2D eigenvalue weighted by Crippen LogP contribution is -3.00. The molecule has 0 bridgehead atoms. The molecule has 4 rings (SSSR count). The van der Waals surface area contributed by atoms with Gasteiger partial charge >= 0.3 is 0 Å². The van der Waals surface area contributed by atoms with E-state index in [1.165, 1.54) is 33.0 Å². The van der Waals surface area contributed by atoms with Gasteiger partial charge in [-0.2, -0.15) is 0 Å². The van der Waals surface area contributed by atoms with Gasteiger partial charge in [-0.3, -0.25) is 0 Å². The van der Waals surface area contributed by atoms with Gasteiger partial charge in [0.1, 0.15) is 14.1 Å². The number of fused-ring (bicyclic) bond motifs is 1. The molecule has 2 aromatic carbocycles. The molecule has 4 aromatic rings. The van der Waals surface area contributed by atoms with Gasteiger partial charge in [-0.05, 0) is 33.0 Å². The molecule has 0 aliphatic carbocycles. The summed E-state index contributed by atoms with van der Waals surface area (Å²) in [6.45, 7) is 0. The van der Waals surface area contributed by atoms with E-state index in [-0.39, 0.29) is 24.8 Å². The lowest BCUT2D eigenvalue weighted by molar-refractivity contribution is -0.671. The molecule has 4 heteroatoms. The molecule has 2 nitrogen and oxygen atoms in total. The molecule has 0 aliphatic heterocycles. The molecule has 0 amide bonds. The Hall–Kier alpha value is -2.42. The van der Waals surface area contributed by atoms with Crippen LogP contribution in [0.2, 0.25) is 0 Å². The van der Waals surface area contributed by atoms with Crippen LogP contribution >= 0.6 is 0 Å². The van der Waals surface area contributed by atoms with Crippen LogP contribution in [-0.4, -0.2) is 0 Å². The van der Waals surface area contributed by atoms with Gasteiger partial charge in [-0.1, -0.05) is 36.4 Å². The minimum atomic E-state index is 0. The number of rotatable bonds is 2. The Morgan fingerprint density at radius 2 is 0.846 bits per heavy atom. The van der Waals surface area contributed by atoms with E-state index in [1.54, 1.807) is 0 Å². The molecule has 0 saturated heterocycles. The number of benzene rings is 2. The first-order valence-electron chi connectivity index (χ1n) is 8.15. The van der Waals surface area contributed by atoms with E-state index in [2.05, 4.69) is 94.6 Å². The van der Waals surface area contributed by atoms with Crippen molar-refractivity contribution in [3.05, 3.63) is 85.5 Å². The number of halogens is 2. The summed E-state index contributed by atoms with van der Waals surface area (Å²) in [5, 5.41) is 2.58. The predicted octanol–water partition coefficient (Wildman–Crippen LogP) is -2.17. The number of nitrogens with zero attached hydrogens (tertiary/aromatic N) is 2. The molecule has 2 aromatic heterocycles. The van der Waals surface area contributed by atoms with Crippen LogP contribution in [0.15, 0.2) is 85.5 Å². The number of hydrogen-bond acceptors (Lipinski definition) is 0. The van der Waals surface area contributed by atoms with Crippen LogP contribution in [-0.2, 0) is 14.1 Å². The Morgan fingerprint density at radius 3 is 1.19 bits per heavy atom. The van der Waals surface area contributed by atoms with E-state index < -0.39 is 0 Å². The van der Waals surface area contributed by atoms with Crippen molar-refractivity contribution >= 4 is 10.8 Å². The molecule has 0 aliphatic rings. The van der Waals surface area contributed by atoms with Crippen LogP contribution in [0.4, 0.5) is 0 Å². The van der Waals surface area contributed by atoms with Crippen molar-refractivity contribution in [2.24, 2.45) is 14.1 Å². The third-order valence-corrected chi connectivity index (χ3v) is 4.50. The quantitative estimate of drug-likeness (QED) is 0.348. The van der Waals surface area contributed by atoms with Crippen molar-refractivity contribution in [3.8, 4) is 22.3 Å². The fourth-order valence-corrected chi connectivity index (χ4v) is 3.16. The third kappa shape index (κ3) is 3.72. The Morgan fingerprint density at radius 1 is 0.500 bits per heavy atom. The first-order chi connectivity index (χ1) is 11.7. The summed E-state index contributed by atoms with van der Waals surface area (Å²) in [5.74, 6) is 0. The second-order valence-corrected chi connectivity index (χ2v) is 6.21. The Labute approximate surface area is 166 Å². The molecule has 0 radical (unpaired) electrons. The number of aryl methyl sites for hydroxylation is 2. The average Bonchev–Trinajstić information content (AvgIpc) is 2.62. The van der Waals surface area contributed by atoms with Crippen molar-refractivity contribution in [2.75, 3.05) is 0 Å².